The molecule has 0 bridgehead atoms. The minimum atomic E-state index is -0.681. The van der Waals surface area contributed by atoms with E-state index < -0.39 is 5.60 Å². The molecule has 1 aromatic rings. The molecule has 2 rings (SSSR count). The van der Waals surface area contributed by atoms with Crippen LogP contribution in [0, 0.1) is 5.41 Å². The van der Waals surface area contributed by atoms with Gasteiger partial charge in [0.15, 0.2) is 0 Å². The van der Waals surface area contributed by atoms with Gasteiger partial charge in [-0.1, -0.05) is 19.1 Å². The van der Waals surface area contributed by atoms with Gasteiger partial charge in [-0.25, -0.2) is 0 Å². The molecule has 0 aromatic heterocycles. The Balaban J connectivity index is 2.01. The maximum absolute atomic E-state index is 12.8. The quantitative estimate of drug-likeness (QED) is 0.871. The number of nitrogens with zero attached hydrogens (tertiary/aromatic N) is 2. The van der Waals surface area contributed by atoms with E-state index in [1.54, 1.807) is 0 Å². The van der Waals surface area contributed by atoms with Gasteiger partial charge in [0.1, 0.15) is 0 Å². The SMILES string of the molecule is CN1CC[C@@](C)(CN(C)C(=O)c2cccc(CCC(C)(C)O)c2)C1. The maximum Gasteiger partial charge on any atom is 0.253 e. The van der Waals surface area contributed by atoms with Crippen LogP contribution in [-0.4, -0.2) is 60.1 Å². The summed E-state index contributed by atoms with van der Waals surface area (Å²) in [5, 5.41) is 9.88. The van der Waals surface area contributed by atoms with Crippen molar-refractivity contribution >= 4 is 5.91 Å². The lowest BCUT2D eigenvalue weighted by Gasteiger charge is -2.30. The largest absolute Gasteiger partial charge is 0.390 e. The van der Waals surface area contributed by atoms with Crippen molar-refractivity contribution in [1.29, 1.82) is 0 Å². The second kappa shape index (κ2) is 7.24. The summed E-state index contributed by atoms with van der Waals surface area (Å²) in [5.74, 6) is 0.0795. The predicted octanol–water partition coefficient (Wildman–Crippen LogP) is 2.80. The number of amides is 1. The van der Waals surface area contributed by atoms with E-state index in [1.807, 2.05) is 50.1 Å². The molecule has 1 saturated heterocycles. The molecule has 1 aliphatic rings. The first-order valence-electron chi connectivity index (χ1n) is 8.83. The Morgan fingerprint density at radius 3 is 2.71 bits per heavy atom. The lowest BCUT2D eigenvalue weighted by molar-refractivity contribution is 0.0714. The van der Waals surface area contributed by atoms with Crippen molar-refractivity contribution in [1.82, 2.24) is 9.80 Å². The molecular formula is C20H32N2O2. The predicted molar refractivity (Wildman–Crippen MR) is 98.2 cm³/mol. The molecule has 0 unspecified atom stereocenters. The molecule has 0 saturated carbocycles. The Bertz CT molecular complexity index is 579. The summed E-state index contributed by atoms with van der Waals surface area (Å²) in [5.41, 5.74) is 1.33. The highest BCUT2D eigenvalue weighted by Crippen LogP contribution is 2.30. The zero-order valence-corrected chi connectivity index (χ0v) is 15.8. The Hall–Kier alpha value is -1.39. The Kier molecular flexibility index (Phi) is 5.71. The van der Waals surface area contributed by atoms with E-state index >= 15 is 0 Å². The summed E-state index contributed by atoms with van der Waals surface area (Å²) in [6, 6.07) is 7.81. The fourth-order valence-corrected chi connectivity index (χ4v) is 3.57. The highest BCUT2D eigenvalue weighted by atomic mass is 16.3. The van der Waals surface area contributed by atoms with Crippen LogP contribution in [0.25, 0.3) is 0 Å². The molecule has 1 aliphatic heterocycles. The highest BCUT2D eigenvalue weighted by Gasteiger charge is 2.34. The van der Waals surface area contributed by atoms with E-state index in [1.165, 1.54) is 0 Å². The number of aryl methyl sites for hydroxylation is 1. The third kappa shape index (κ3) is 5.32. The molecule has 1 fully saturated rings. The molecule has 1 amide bonds. The van der Waals surface area contributed by atoms with Gasteiger partial charge in [0.25, 0.3) is 5.91 Å². The normalized spacial score (nSPS) is 21.9. The third-order valence-corrected chi connectivity index (χ3v) is 4.91. The minimum Gasteiger partial charge on any atom is -0.390 e. The van der Waals surface area contributed by atoms with Crippen molar-refractivity contribution in [2.24, 2.45) is 5.41 Å². The molecule has 0 spiro atoms. The third-order valence-electron chi connectivity index (χ3n) is 4.91. The van der Waals surface area contributed by atoms with Crippen molar-refractivity contribution in [2.75, 3.05) is 33.7 Å². The van der Waals surface area contributed by atoms with E-state index in [0.29, 0.717) is 6.42 Å². The number of hydrogen-bond donors (Lipinski definition) is 1. The van der Waals surface area contributed by atoms with Gasteiger partial charge in [-0.2, -0.15) is 0 Å². The van der Waals surface area contributed by atoms with E-state index in [9.17, 15) is 9.90 Å². The summed E-state index contributed by atoms with van der Waals surface area (Å²) in [6.07, 6.45) is 2.59. The molecule has 134 valence electrons. The number of benzene rings is 1. The number of hydrogen-bond acceptors (Lipinski definition) is 3. The van der Waals surface area contributed by atoms with Gasteiger partial charge in [0.2, 0.25) is 0 Å². The van der Waals surface area contributed by atoms with Crippen molar-refractivity contribution in [3.05, 3.63) is 35.4 Å². The number of rotatable bonds is 6. The molecule has 4 heteroatoms. The van der Waals surface area contributed by atoms with Crippen LogP contribution in [0.3, 0.4) is 0 Å². The minimum absolute atomic E-state index is 0.0795. The van der Waals surface area contributed by atoms with Crippen LogP contribution in [0.4, 0.5) is 0 Å². The van der Waals surface area contributed by atoms with Gasteiger partial charge in [-0.05, 0) is 69.8 Å². The first-order valence-corrected chi connectivity index (χ1v) is 8.83. The fourth-order valence-electron chi connectivity index (χ4n) is 3.57. The van der Waals surface area contributed by atoms with E-state index in [-0.39, 0.29) is 11.3 Å². The van der Waals surface area contributed by atoms with E-state index in [0.717, 1.165) is 43.6 Å². The summed E-state index contributed by atoms with van der Waals surface area (Å²) in [6.45, 7) is 8.81. The molecule has 1 heterocycles. The molecule has 24 heavy (non-hydrogen) atoms. The number of carbonyl (C=O) groups is 1. The average Bonchev–Trinajstić information content (AvgIpc) is 2.83. The van der Waals surface area contributed by atoms with Crippen LogP contribution in [0.2, 0.25) is 0 Å². The highest BCUT2D eigenvalue weighted by molar-refractivity contribution is 5.94. The second-order valence-electron chi connectivity index (χ2n) is 8.47. The van der Waals surface area contributed by atoms with Crippen LogP contribution in [-0.2, 0) is 6.42 Å². The fraction of sp³-hybridized carbons (Fsp3) is 0.650. The van der Waals surface area contributed by atoms with Gasteiger partial charge in [-0.3, -0.25) is 4.79 Å². The van der Waals surface area contributed by atoms with Gasteiger partial charge >= 0.3 is 0 Å². The van der Waals surface area contributed by atoms with Crippen molar-refractivity contribution in [3.63, 3.8) is 0 Å². The monoisotopic (exact) mass is 332 g/mol. The summed E-state index contributed by atoms with van der Waals surface area (Å²) < 4.78 is 0. The average molecular weight is 332 g/mol. The topological polar surface area (TPSA) is 43.8 Å². The van der Waals surface area contributed by atoms with Gasteiger partial charge in [-0.15, -0.1) is 0 Å². The van der Waals surface area contributed by atoms with Gasteiger partial charge < -0.3 is 14.9 Å². The first kappa shape index (κ1) is 18.9. The van der Waals surface area contributed by atoms with Crippen LogP contribution in [0.1, 0.15) is 49.5 Å². The Morgan fingerprint density at radius 1 is 1.42 bits per heavy atom. The molecule has 1 N–H and O–H groups in total. The van der Waals surface area contributed by atoms with Crippen molar-refractivity contribution in [2.45, 2.75) is 45.6 Å². The molecule has 0 aliphatic carbocycles. The summed E-state index contributed by atoms with van der Waals surface area (Å²) in [4.78, 5) is 17.0. The number of carbonyl (C=O) groups excluding carboxylic acids is 1. The van der Waals surface area contributed by atoms with Gasteiger partial charge in [0, 0.05) is 25.7 Å². The van der Waals surface area contributed by atoms with Crippen LogP contribution < -0.4 is 0 Å². The lowest BCUT2D eigenvalue weighted by atomic mass is 9.89. The Labute approximate surface area is 146 Å². The summed E-state index contributed by atoms with van der Waals surface area (Å²) in [7, 11) is 4.04. The van der Waals surface area contributed by atoms with E-state index in [2.05, 4.69) is 18.9 Å². The van der Waals surface area contributed by atoms with Crippen molar-refractivity contribution < 1.29 is 9.90 Å². The molecule has 1 aromatic carbocycles. The molecular weight excluding hydrogens is 300 g/mol. The number of aliphatic hydroxyl groups is 1. The van der Waals surface area contributed by atoms with Crippen LogP contribution in [0.5, 0.6) is 0 Å². The zero-order chi connectivity index (χ0) is 18.0. The molecule has 4 nitrogen and oxygen atoms in total. The van der Waals surface area contributed by atoms with E-state index in [4.69, 9.17) is 0 Å². The number of likely N-dealkylation sites (tertiary alicyclic amines) is 1. The first-order chi connectivity index (χ1) is 11.1. The molecule has 0 radical (unpaired) electrons. The summed E-state index contributed by atoms with van der Waals surface area (Å²) >= 11 is 0. The van der Waals surface area contributed by atoms with Crippen molar-refractivity contribution in [3.8, 4) is 0 Å². The van der Waals surface area contributed by atoms with Gasteiger partial charge in [0.05, 0.1) is 5.60 Å². The standard InChI is InChI=1S/C20H32N2O2/c1-19(2,24)10-9-16-7-6-8-17(13-16)18(23)22(5)15-20(3)11-12-21(4)14-20/h6-8,13,24H,9-12,14-15H2,1-5H3/t20-/m1/s1. The Morgan fingerprint density at radius 2 is 2.12 bits per heavy atom. The lowest BCUT2D eigenvalue weighted by Crippen LogP contribution is -2.38. The second-order valence-corrected chi connectivity index (χ2v) is 8.47. The smallest absolute Gasteiger partial charge is 0.253 e. The van der Waals surface area contributed by atoms with Crippen LogP contribution in [0.15, 0.2) is 24.3 Å². The maximum atomic E-state index is 12.8. The van der Waals surface area contributed by atoms with Crippen LogP contribution >= 0.6 is 0 Å². The zero-order valence-electron chi connectivity index (χ0n) is 15.8. The molecule has 1 atom stereocenters.